The van der Waals surface area contributed by atoms with Crippen LogP contribution in [-0.2, 0) is 111 Å². The number of carboxylic acids is 1. The fourth-order valence-corrected chi connectivity index (χ4v) is 13.4. The topological polar surface area (TPSA) is 541 Å². The molecule has 6 N–H and O–H groups in total. The molecule has 3 heterocycles. The molecule has 6 aromatic rings. The van der Waals surface area contributed by atoms with Gasteiger partial charge in [0, 0.05) is 66.7 Å². The van der Waals surface area contributed by atoms with Crippen molar-refractivity contribution in [3.05, 3.63) is 171 Å². The minimum Gasteiger partial charge on any atom is -0.771 e. The molecule has 4 amide bonds. The van der Waals surface area contributed by atoms with E-state index in [1.54, 1.807) is 109 Å². The third-order valence-electron chi connectivity index (χ3n) is 17.1. The van der Waals surface area contributed by atoms with Gasteiger partial charge in [0.05, 0.1) is 64.7 Å². The van der Waals surface area contributed by atoms with Gasteiger partial charge in [0.15, 0.2) is 22.2 Å². The van der Waals surface area contributed by atoms with Crippen molar-refractivity contribution in [2.24, 2.45) is 11.3 Å². The average molecular weight is 2070 g/mol. The SMILES string of the molecule is C1COCCN1.CC1(C)CC(=O)CC(=O)C1.CCCCC(CC)C(=O)[O-].CCCC[N+](CCCC)(CCCC)CCCC.CCNCC.CN1C(=O)CC(=O)N(C)C1=O.Cc1ccc(S(=O)O)cc1.Cc1ccc(S(=O)[O-])cc1.Cc1ccc(S(=O)[O-])cc1.O=CO.O=S(O)c1ccccc1.O=S([O-])CO.O=S([O-])c1cccs1.O=[N+]([O-])c1cc(S(=O)[O-])ccc1Cl.[Na+].[Na+].[Na+].[Na+].[Na+]. The molecule has 0 spiro atoms. The van der Waals surface area contributed by atoms with Crippen LogP contribution in [0.2, 0.25) is 5.02 Å². The normalized spacial score (nSPS) is 14.0. The number of ketones is 2. The second-order valence-electron chi connectivity index (χ2n) is 28.2. The fourth-order valence-electron chi connectivity index (χ4n) is 10.2. The first kappa shape index (κ1) is 150. The minimum atomic E-state index is -2.48. The molecule has 722 valence electrons. The van der Waals surface area contributed by atoms with E-state index in [9.17, 15) is 87.5 Å². The summed E-state index contributed by atoms with van der Waals surface area (Å²) in [5, 5.41) is 43.0. The number of carbonyl (C=O) groups excluding carboxylic acids is 6. The molecule has 47 heteroatoms. The number of benzene rings is 5. The molecule has 1 aliphatic carbocycles. The van der Waals surface area contributed by atoms with Crippen LogP contribution in [0.15, 0.2) is 168 Å². The van der Waals surface area contributed by atoms with Crippen LogP contribution in [-0.4, -0.2) is 218 Å². The second kappa shape index (κ2) is 95.2. The number of unbranched alkanes of at least 4 members (excludes halogenated alkanes) is 5. The van der Waals surface area contributed by atoms with E-state index in [2.05, 4.69) is 59.1 Å². The van der Waals surface area contributed by atoms with E-state index in [4.69, 9.17) is 49.2 Å². The Morgan fingerprint density at radius 2 is 0.917 bits per heavy atom. The number of ether oxygens (including phenoxy) is 1. The van der Waals surface area contributed by atoms with E-state index in [0.717, 1.165) is 91.2 Å². The van der Waals surface area contributed by atoms with E-state index in [1.807, 2.05) is 53.7 Å². The molecular formula is C85H130ClN6Na5O27S8. The Bertz CT molecular complexity index is 3970. The molecule has 2 saturated heterocycles. The summed E-state index contributed by atoms with van der Waals surface area (Å²) in [7, 11) is 2.71. The number of imide groups is 2. The molecule has 3 aliphatic rings. The summed E-state index contributed by atoms with van der Waals surface area (Å²) in [6.45, 7) is 38.6. The molecular weight excluding hydrogens is 1940 g/mol. The number of carbonyl (C=O) groups is 7. The van der Waals surface area contributed by atoms with E-state index in [1.165, 1.54) is 120 Å². The van der Waals surface area contributed by atoms with Crippen LogP contribution in [0.4, 0.5) is 10.5 Å². The number of morpholine rings is 1. The van der Waals surface area contributed by atoms with Gasteiger partial charge in [0.1, 0.15) is 28.9 Å². The number of amides is 4. The number of nitrogens with one attached hydrogen (secondary N) is 2. The van der Waals surface area contributed by atoms with Gasteiger partial charge in [-0.2, -0.15) is 0 Å². The van der Waals surface area contributed by atoms with E-state index < -0.39 is 118 Å². The summed E-state index contributed by atoms with van der Waals surface area (Å²) < 4.78 is 145. The zero-order valence-electron chi connectivity index (χ0n) is 80.1. The number of hydrogen-bond acceptors (Lipinski definition) is 27. The predicted molar refractivity (Wildman–Crippen MR) is 493 cm³/mol. The number of Topliss-reactive ketones (excluding diaryl/α,β-unsaturated/α-hetero) is 2. The molecule has 1 saturated carbocycles. The van der Waals surface area contributed by atoms with Crippen LogP contribution in [0, 0.1) is 42.2 Å². The Balaban J connectivity index is -0.000000153. The molecule has 5 aromatic carbocycles. The number of halogens is 1. The first-order valence-electron chi connectivity index (χ1n) is 40.5. The monoisotopic (exact) mass is 2070 g/mol. The molecule has 8 atom stereocenters. The number of rotatable bonds is 27. The van der Waals surface area contributed by atoms with Gasteiger partial charge >= 0.3 is 154 Å². The van der Waals surface area contributed by atoms with Crippen molar-refractivity contribution < 1.29 is 272 Å². The minimum absolute atomic E-state index is 0. The maximum absolute atomic E-state index is 11.0. The Hall–Kier alpha value is -2.05. The van der Waals surface area contributed by atoms with Crippen molar-refractivity contribution in [2.45, 2.75) is 221 Å². The van der Waals surface area contributed by atoms with Crippen molar-refractivity contribution in [3.63, 3.8) is 0 Å². The van der Waals surface area contributed by atoms with Gasteiger partial charge in [0.25, 0.3) is 12.2 Å². The number of urea groups is 1. The van der Waals surface area contributed by atoms with Crippen molar-refractivity contribution in [3.8, 4) is 0 Å². The Labute approximate surface area is 918 Å². The van der Waals surface area contributed by atoms with E-state index >= 15 is 0 Å². The quantitative estimate of drug-likeness (QED) is 0.00634. The maximum atomic E-state index is 11.0. The number of hydrogen-bond donors (Lipinski definition) is 6. The summed E-state index contributed by atoms with van der Waals surface area (Å²) in [5.74, 6) is -2.59. The van der Waals surface area contributed by atoms with Gasteiger partial charge in [-0.15, -0.1) is 11.3 Å². The van der Waals surface area contributed by atoms with Crippen molar-refractivity contribution >= 4 is 148 Å². The molecule has 1 aromatic heterocycles. The molecule has 132 heavy (non-hydrogen) atoms. The molecule has 0 bridgehead atoms. The smallest absolute Gasteiger partial charge is 0.771 e. The maximum Gasteiger partial charge on any atom is 1.00 e. The third kappa shape index (κ3) is 82.7. The van der Waals surface area contributed by atoms with Crippen molar-refractivity contribution in [2.75, 3.05) is 85.6 Å². The van der Waals surface area contributed by atoms with Crippen LogP contribution >= 0.6 is 22.9 Å². The summed E-state index contributed by atoms with van der Waals surface area (Å²) in [5.41, 5.74) is 2.73. The van der Waals surface area contributed by atoms with E-state index in [0.29, 0.717) is 43.1 Å². The predicted octanol–water partition coefficient (Wildman–Crippen LogP) is -1.74. The number of aliphatic hydroxyl groups is 1. The molecule has 9 rings (SSSR count). The molecule has 3 fully saturated rings. The Morgan fingerprint density at radius 1 is 0.568 bits per heavy atom. The fraction of sp³-hybridized carbons (Fsp3) is 0.518. The van der Waals surface area contributed by atoms with Crippen LogP contribution in [0.3, 0.4) is 0 Å². The molecule has 2 aliphatic heterocycles. The second-order valence-corrected chi connectivity index (χ2v) is 36.4. The standard InChI is InChI=1S/C16H36N.C8H12O2.C8H16O2.3C7H8O2S.C6H4ClNO4S.C6H8N2O3.C6H6O2S.C4H9NO.C4H11N.C4H4O2S2.CH4O3S.CH2O2.5Na/c1-5-9-13-17(14-10-6-2,15-11-7-3)16-12-8-4;1-8(2)4-6(9)3-7(10)5-8;1-3-5-6-7(4-2)8(9)10;3*1-6-2-4-7(5-3-6)10(8)9;7-5-2-1-4(13(11)12)3-6(5)8(9)10;1-7-4(9)3-5(10)8(2)6(7)11;7-9(8)6-4-2-1-3-5-6;1-3-6-4-2-5-1;1-3-5-4-2;5-8(6)4-2-1-3-7-4;2-1-5(3)4;2-1-3;;;;;/h5-16H2,1-4H3;3-5H2,1-2H3;7H,3-6H2,1-2H3,(H,9,10);3*2-5H,1H3,(H,8,9);1-3H,(H,11,12);3H2,1-2H3;1-5H,(H,7,8);5H,1-4H2;5H,3-4H2,1-2H3;1-3H,(H,5,6);2H,1H2,(H,3,4);1H,(H,2,3);;;;;/q+1;;;;;;;;;;;;;;5*+1/p-6. The van der Waals surface area contributed by atoms with Crippen LogP contribution in [0.1, 0.15) is 189 Å². The molecule has 33 nitrogen and oxygen atoms in total. The number of nitro groups is 1. The van der Waals surface area contributed by atoms with E-state index in [-0.39, 0.29) is 200 Å². The summed E-state index contributed by atoms with van der Waals surface area (Å²) in [6.07, 6.45) is 15.7. The summed E-state index contributed by atoms with van der Waals surface area (Å²) in [6, 6.07) is 34.8. The number of quaternary nitrogens is 1. The number of carboxylic acid groups (broad SMARTS) is 2. The molecule has 8 unspecified atom stereocenters. The average Bonchev–Trinajstić information content (AvgIpc) is 0.952. The molecule has 0 radical (unpaired) electrons. The largest absolute Gasteiger partial charge is 1.00 e. The van der Waals surface area contributed by atoms with Gasteiger partial charge in [-0.05, 0) is 211 Å². The first-order valence-corrected chi connectivity index (χ1v) is 49.6. The number of thiophene rings is 1. The zero-order valence-corrected chi connectivity index (χ0v) is 97.4. The third-order valence-corrected chi connectivity index (χ3v) is 22.7. The first-order chi connectivity index (χ1) is 59.8. The van der Waals surface area contributed by atoms with Crippen molar-refractivity contribution in [1.29, 1.82) is 0 Å². The van der Waals surface area contributed by atoms with Crippen LogP contribution in [0.5, 0.6) is 0 Å². The number of aryl methyl sites for hydroxylation is 3. The van der Waals surface area contributed by atoms with Crippen LogP contribution < -0.4 is 164 Å². The van der Waals surface area contributed by atoms with Gasteiger partial charge < -0.3 is 71.8 Å². The number of nitrogens with zero attached hydrogens (tertiary/aromatic N) is 4. The zero-order chi connectivity index (χ0) is 98.1. The van der Waals surface area contributed by atoms with Gasteiger partial charge in [0.2, 0.25) is 11.8 Å². The van der Waals surface area contributed by atoms with Gasteiger partial charge in [-0.25, -0.2) is 13.2 Å². The Kier molecular flexibility index (Phi) is 108. The summed E-state index contributed by atoms with van der Waals surface area (Å²) >= 11 is -7.94. The number of aliphatic carboxylic acids is 1. The van der Waals surface area contributed by atoms with Crippen molar-refractivity contribution in [1.82, 2.24) is 20.4 Å². The number of barbiturate groups is 1. The number of aliphatic hydroxyl groups excluding tert-OH is 1. The number of nitro benzene ring substituents is 1. The Morgan fingerprint density at radius 3 is 1.15 bits per heavy atom. The van der Waals surface area contributed by atoms with Gasteiger partial charge in [-0.1, -0.05) is 197 Å². The van der Waals surface area contributed by atoms with Gasteiger partial charge in [-0.3, -0.25) is 64.9 Å². The summed E-state index contributed by atoms with van der Waals surface area (Å²) in [4.78, 5) is 85.9. The van der Waals surface area contributed by atoms with Crippen LogP contribution in [0.25, 0.3) is 0 Å².